The second-order valence-electron chi connectivity index (χ2n) is 7.24. The number of halogens is 1. The third kappa shape index (κ3) is 4.18. The van der Waals surface area contributed by atoms with Crippen molar-refractivity contribution in [3.8, 4) is 22.7 Å². The van der Waals surface area contributed by atoms with E-state index in [1.165, 1.54) is 13.2 Å². The summed E-state index contributed by atoms with van der Waals surface area (Å²) in [5.74, 6) is 0.160. The zero-order chi connectivity index (χ0) is 20.2. The summed E-state index contributed by atoms with van der Waals surface area (Å²) in [5, 5.41) is 4.76. The molecule has 0 aliphatic carbocycles. The van der Waals surface area contributed by atoms with Crippen LogP contribution in [0.2, 0.25) is 0 Å². The van der Waals surface area contributed by atoms with E-state index >= 15 is 0 Å². The second-order valence-corrected chi connectivity index (χ2v) is 7.24. The summed E-state index contributed by atoms with van der Waals surface area (Å²) in [7, 11) is 1.54. The summed E-state index contributed by atoms with van der Waals surface area (Å²) in [6, 6.07) is 15.2. The fourth-order valence-corrected chi connectivity index (χ4v) is 3.77. The van der Waals surface area contributed by atoms with E-state index in [0.717, 1.165) is 37.4 Å². The molecule has 0 saturated carbocycles. The zero-order valence-electron chi connectivity index (χ0n) is 16.8. The van der Waals surface area contributed by atoms with Gasteiger partial charge in [0.15, 0.2) is 0 Å². The van der Waals surface area contributed by atoms with E-state index < -0.39 is 0 Å². The third-order valence-electron chi connectivity index (χ3n) is 5.44. The summed E-state index contributed by atoms with van der Waals surface area (Å²) in [5.41, 5.74) is 3.09. The fraction of sp³-hybridized carbons (Fsp3) is 0.348. The molecular weight excluding hydrogens is 369 g/mol. The van der Waals surface area contributed by atoms with Crippen molar-refractivity contribution >= 4 is 0 Å². The lowest BCUT2D eigenvalue weighted by atomic mass is 10.1. The topological polar surface area (TPSA) is 39.5 Å². The SMILES string of the molecule is CC[C@@H]1COCCN1Cc1cn(-c2ccccc2)nc1-c1ccc(OC)cc1F. The molecule has 2 heterocycles. The van der Waals surface area contributed by atoms with Gasteiger partial charge in [-0.05, 0) is 30.7 Å². The Kier molecular flexibility index (Phi) is 5.92. The summed E-state index contributed by atoms with van der Waals surface area (Å²) in [4.78, 5) is 2.40. The van der Waals surface area contributed by atoms with Gasteiger partial charge in [-0.3, -0.25) is 4.90 Å². The second kappa shape index (κ2) is 8.76. The van der Waals surface area contributed by atoms with Crippen molar-refractivity contribution in [2.24, 2.45) is 0 Å². The zero-order valence-corrected chi connectivity index (χ0v) is 16.8. The third-order valence-corrected chi connectivity index (χ3v) is 5.44. The van der Waals surface area contributed by atoms with E-state index in [-0.39, 0.29) is 5.82 Å². The minimum atomic E-state index is -0.335. The van der Waals surface area contributed by atoms with Crippen molar-refractivity contribution in [3.05, 3.63) is 66.1 Å². The molecule has 29 heavy (non-hydrogen) atoms. The first-order valence-electron chi connectivity index (χ1n) is 9.99. The molecular formula is C23H26FN3O2. The van der Waals surface area contributed by atoms with E-state index in [1.54, 1.807) is 12.1 Å². The van der Waals surface area contributed by atoms with Crippen molar-refractivity contribution in [2.75, 3.05) is 26.9 Å². The Morgan fingerprint density at radius 1 is 1.21 bits per heavy atom. The molecule has 0 bridgehead atoms. The van der Waals surface area contributed by atoms with Crippen molar-refractivity contribution < 1.29 is 13.9 Å². The van der Waals surface area contributed by atoms with Crippen molar-refractivity contribution in [1.82, 2.24) is 14.7 Å². The first-order valence-corrected chi connectivity index (χ1v) is 9.99. The molecule has 0 N–H and O–H groups in total. The van der Waals surface area contributed by atoms with Gasteiger partial charge in [-0.25, -0.2) is 9.07 Å². The molecule has 1 atom stereocenters. The Hall–Kier alpha value is -2.70. The molecule has 1 aliphatic rings. The molecule has 1 fully saturated rings. The Balaban J connectivity index is 1.75. The van der Waals surface area contributed by atoms with Crippen LogP contribution in [-0.4, -0.2) is 47.6 Å². The lowest BCUT2D eigenvalue weighted by molar-refractivity contribution is -0.0126. The maximum atomic E-state index is 14.9. The summed E-state index contributed by atoms with van der Waals surface area (Å²) >= 11 is 0. The van der Waals surface area contributed by atoms with Crippen LogP contribution < -0.4 is 4.74 Å². The van der Waals surface area contributed by atoms with E-state index in [0.29, 0.717) is 29.6 Å². The Labute approximate surface area is 170 Å². The molecule has 0 unspecified atom stereocenters. The number of hydrogen-bond acceptors (Lipinski definition) is 4. The van der Waals surface area contributed by atoms with Gasteiger partial charge < -0.3 is 9.47 Å². The van der Waals surface area contributed by atoms with Crippen LogP contribution in [0.25, 0.3) is 16.9 Å². The molecule has 4 rings (SSSR count). The Bertz CT molecular complexity index is 958. The van der Waals surface area contributed by atoms with Crippen molar-refractivity contribution in [2.45, 2.75) is 25.9 Å². The Morgan fingerprint density at radius 2 is 2.03 bits per heavy atom. The average Bonchev–Trinajstić information content (AvgIpc) is 3.18. The summed E-state index contributed by atoms with van der Waals surface area (Å²) in [6.07, 6.45) is 3.02. The first kappa shape index (κ1) is 19.6. The minimum absolute atomic E-state index is 0.335. The smallest absolute Gasteiger partial charge is 0.136 e. The standard InChI is InChI=1S/C23H26FN3O2/c1-3-18-16-29-12-11-26(18)14-17-15-27(19-7-5-4-6-8-19)25-23(17)21-10-9-20(28-2)13-22(21)24/h4-10,13,15,18H,3,11-12,14,16H2,1-2H3/t18-/m1/s1. The number of methoxy groups -OCH3 is 1. The normalized spacial score (nSPS) is 17.4. The van der Waals surface area contributed by atoms with Gasteiger partial charge in [0.2, 0.25) is 0 Å². The van der Waals surface area contributed by atoms with E-state index in [4.69, 9.17) is 14.6 Å². The molecule has 1 aromatic heterocycles. The number of rotatable bonds is 6. The Morgan fingerprint density at radius 3 is 2.76 bits per heavy atom. The van der Waals surface area contributed by atoms with E-state index in [1.807, 2.05) is 41.2 Å². The predicted octanol–water partition coefficient (Wildman–Crippen LogP) is 4.30. The fourth-order valence-electron chi connectivity index (χ4n) is 3.77. The molecule has 6 heteroatoms. The first-order chi connectivity index (χ1) is 14.2. The number of morpholine rings is 1. The van der Waals surface area contributed by atoms with Gasteiger partial charge in [-0.1, -0.05) is 25.1 Å². The van der Waals surface area contributed by atoms with Crippen LogP contribution in [-0.2, 0) is 11.3 Å². The monoisotopic (exact) mass is 395 g/mol. The van der Waals surface area contributed by atoms with Crippen molar-refractivity contribution in [3.63, 3.8) is 0 Å². The van der Waals surface area contributed by atoms with Gasteiger partial charge in [-0.15, -0.1) is 0 Å². The van der Waals surface area contributed by atoms with Gasteiger partial charge in [-0.2, -0.15) is 5.10 Å². The van der Waals surface area contributed by atoms with Crippen LogP contribution >= 0.6 is 0 Å². The van der Waals surface area contributed by atoms with E-state index in [2.05, 4.69) is 11.8 Å². The summed E-state index contributed by atoms with van der Waals surface area (Å²) in [6.45, 7) is 5.18. The molecule has 1 aliphatic heterocycles. The highest BCUT2D eigenvalue weighted by molar-refractivity contribution is 5.65. The van der Waals surface area contributed by atoms with Gasteiger partial charge in [0.05, 0.1) is 26.0 Å². The quantitative estimate of drug-likeness (QED) is 0.624. The van der Waals surface area contributed by atoms with Crippen LogP contribution in [0.1, 0.15) is 18.9 Å². The van der Waals surface area contributed by atoms with Crippen LogP contribution in [0.5, 0.6) is 5.75 Å². The van der Waals surface area contributed by atoms with Gasteiger partial charge in [0.25, 0.3) is 0 Å². The largest absolute Gasteiger partial charge is 0.497 e. The lowest BCUT2D eigenvalue weighted by Crippen LogP contribution is -2.44. The maximum absolute atomic E-state index is 14.9. The van der Waals surface area contributed by atoms with Gasteiger partial charge in [0, 0.05) is 42.5 Å². The molecule has 0 radical (unpaired) electrons. The minimum Gasteiger partial charge on any atom is -0.497 e. The van der Waals surface area contributed by atoms with E-state index in [9.17, 15) is 4.39 Å². The highest BCUT2D eigenvalue weighted by atomic mass is 19.1. The van der Waals surface area contributed by atoms with Crippen LogP contribution in [0.15, 0.2) is 54.7 Å². The number of ether oxygens (including phenoxy) is 2. The average molecular weight is 395 g/mol. The number of benzene rings is 2. The highest BCUT2D eigenvalue weighted by Gasteiger charge is 2.24. The molecule has 1 saturated heterocycles. The lowest BCUT2D eigenvalue weighted by Gasteiger charge is -2.34. The number of aromatic nitrogens is 2. The van der Waals surface area contributed by atoms with Crippen LogP contribution in [0.3, 0.4) is 0 Å². The number of nitrogens with zero attached hydrogens (tertiary/aromatic N) is 3. The highest BCUT2D eigenvalue weighted by Crippen LogP contribution is 2.30. The van der Waals surface area contributed by atoms with Gasteiger partial charge in [0.1, 0.15) is 17.3 Å². The molecule has 0 amide bonds. The maximum Gasteiger partial charge on any atom is 0.136 e. The molecule has 3 aromatic rings. The predicted molar refractivity (Wildman–Crippen MR) is 111 cm³/mol. The van der Waals surface area contributed by atoms with Crippen molar-refractivity contribution in [1.29, 1.82) is 0 Å². The van der Waals surface area contributed by atoms with Gasteiger partial charge >= 0.3 is 0 Å². The molecule has 152 valence electrons. The molecule has 5 nitrogen and oxygen atoms in total. The number of para-hydroxylation sites is 1. The van der Waals surface area contributed by atoms with Crippen LogP contribution in [0.4, 0.5) is 4.39 Å². The summed E-state index contributed by atoms with van der Waals surface area (Å²) < 4.78 is 27.5. The van der Waals surface area contributed by atoms with Crippen LogP contribution in [0, 0.1) is 5.82 Å². The molecule has 0 spiro atoms. The molecule has 2 aromatic carbocycles. The number of hydrogen-bond donors (Lipinski definition) is 0.